The molecular formula is C17H20N2. The zero-order chi connectivity index (χ0) is 13.8. The average Bonchev–Trinajstić information content (AvgIpc) is 2.43. The monoisotopic (exact) mass is 252 g/mol. The number of pyridine rings is 1. The molecule has 0 fully saturated rings. The zero-order valence-electron chi connectivity index (χ0n) is 12.1. The van der Waals surface area contributed by atoms with E-state index >= 15 is 0 Å². The fourth-order valence-electron chi connectivity index (χ4n) is 2.30. The van der Waals surface area contributed by atoms with E-state index in [1.54, 1.807) is 7.05 Å². The first-order chi connectivity index (χ1) is 9.19. The molecular weight excluding hydrogens is 232 g/mol. The van der Waals surface area contributed by atoms with Crippen LogP contribution >= 0.6 is 0 Å². The van der Waals surface area contributed by atoms with Crippen LogP contribution in [0.3, 0.4) is 0 Å². The first-order valence-electron chi connectivity index (χ1n) is 6.68. The Bertz CT molecular complexity index is 652. The summed E-state index contributed by atoms with van der Waals surface area (Å²) in [4.78, 5) is 8.77. The second-order valence-electron chi connectivity index (χ2n) is 4.65. The molecule has 0 N–H and O–H groups in total. The predicted molar refractivity (Wildman–Crippen MR) is 83.9 cm³/mol. The maximum absolute atomic E-state index is 4.62. The Morgan fingerprint density at radius 3 is 2.74 bits per heavy atom. The van der Waals surface area contributed by atoms with Gasteiger partial charge in [0, 0.05) is 24.3 Å². The molecule has 0 aliphatic heterocycles. The number of aryl methyl sites for hydroxylation is 2. The van der Waals surface area contributed by atoms with Crippen LogP contribution in [0.4, 0.5) is 0 Å². The fourth-order valence-corrected chi connectivity index (χ4v) is 2.30. The van der Waals surface area contributed by atoms with Crippen LogP contribution in [0.2, 0.25) is 0 Å². The average molecular weight is 252 g/mol. The van der Waals surface area contributed by atoms with Crippen LogP contribution in [-0.2, 0) is 6.42 Å². The largest absolute Gasteiger partial charge is 0.296 e. The van der Waals surface area contributed by atoms with Crippen LogP contribution in [0.5, 0.6) is 0 Å². The molecule has 0 bridgehead atoms. The molecule has 2 aromatic rings. The smallest absolute Gasteiger partial charge is 0.0711 e. The number of aliphatic imine (C=N–C) groups is 1. The number of allylic oxidation sites excluding steroid dienone is 2. The lowest BCUT2D eigenvalue weighted by Gasteiger charge is -2.10. The minimum atomic E-state index is 1.04. The standard InChI is InChI=1S/C17H20N2/c1-5-13-7-8-17-16(10-13)15(9-12(3)19-17)14(6-2)11-18-4/h6-11H,5H2,1-4H3/b14-6+,18-11?. The molecule has 2 nitrogen and oxygen atoms in total. The van der Waals surface area contributed by atoms with Crippen LogP contribution in [0.15, 0.2) is 35.3 Å². The molecule has 2 heteroatoms. The highest BCUT2D eigenvalue weighted by Gasteiger charge is 2.07. The fraction of sp³-hybridized carbons (Fsp3) is 0.294. The van der Waals surface area contributed by atoms with E-state index in [9.17, 15) is 0 Å². The quantitative estimate of drug-likeness (QED) is 0.751. The Labute approximate surface area is 114 Å². The molecule has 0 unspecified atom stereocenters. The van der Waals surface area contributed by atoms with Gasteiger partial charge in [-0.25, -0.2) is 0 Å². The number of benzene rings is 1. The van der Waals surface area contributed by atoms with Crippen LogP contribution < -0.4 is 0 Å². The van der Waals surface area contributed by atoms with Gasteiger partial charge in [-0.15, -0.1) is 0 Å². The van der Waals surface area contributed by atoms with Crippen molar-refractivity contribution in [3.63, 3.8) is 0 Å². The summed E-state index contributed by atoms with van der Waals surface area (Å²) >= 11 is 0. The molecule has 0 aliphatic carbocycles. The minimum Gasteiger partial charge on any atom is -0.296 e. The van der Waals surface area contributed by atoms with E-state index in [1.165, 1.54) is 16.5 Å². The predicted octanol–water partition coefficient (Wildman–Crippen LogP) is 4.21. The van der Waals surface area contributed by atoms with Crippen molar-refractivity contribution < 1.29 is 0 Å². The number of rotatable bonds is 3. The van der Waals surface area contributed by atoms with Crippen molar-refractivity contribution in [2.24, 2.45) is 4.99 Å². The summed E-state index contributed by atoms with van der Waals surface area (Å²) in [5, 5.41) is 1.21. The van der Waals surface area contributed by atoms with Crippen molar-refractivity contribution in [2.45, 2.75) is 27.2 Å². The van der Waals surface area contributed by atoms with Crippen LogP contribution in [0.1, 0.15) is 30.7 Å². The molecule has 0 spiro atoms. The molecule has 0 saturated heterocycles. The number of hydrogen-bond donors (Lipinski definition) is 0. The molecule has 1 aromatic carbocycles. The van der Waals surface area contributed by atoms with Gasteiger partial charge in [0.15, 0.2) is 0 Å². The number of fused-ring (bicyclic) bond motifs is 1. The van der Waals surface area contributed by atoms with Gasteiger partial charge < -0.3 is 0 Å². The topological polar surface area (TPSA) is 25.2 Å². The highest BCUT2D eigenvalue weighted by Crippen LogP contribution is 2.25. The van der Waals surface area contributed by atoms with Crippen molar-refractivity contribution in [3.05, 3.63) is 47.2 Å². The molecule has 1 heterocycles. The number of hydrogen-bond acceptors (Lipinski definition) is 2. The summed E-state index contributed by atoms with van der Waals surface area (Å²) in [6.45, 7) is 6.25. The molecule has 0 saturated carbocycles. The molecule has 0 amide bonds. The first kappa shape index (κ1) is 13.5. The van der Waals surface area contributed by atoms with Gasteiger partial charge in [-0.3, -0.25) is 9.98 Å². The summed E-state index contributed by atoms with van der Waals surface area (Å²) in [7, 11) is 1.80. The summed E-state index contributed by atoms with van der Waals surface area (Å²) < 4.78 is 0. The molecule has 0 radical (unpaired) electrons. The van der Waals surface area contributed by atoms with Crippen LogP contribution in [0.25, 0.3) is 16.5 Å². The molecule has 98 valence electrons. The van der Waals surface area contributed by atoms with E-state index in [-0.39, 0.29) is 0 Å². The second-order valence-corrected chi connectivity index (χ2v) is 4.65. The number of nitrogens with zero attached hydrogens (tertiary/aromatic N) is 2. The van der Waals surface area contributed by atoms with E-state index in [0.717, 1.165) is 23.2 Å². The van der Waals surface area contributed by atoms with Crippen LogP contribution in [0, 0.1) is 6.92 Å². The van der Waals surface area contributed by atoms with E-state index in [1.807, 2.05) is 20.1 Å². The minimum absolute atomic E-state index is 1.04. The number of aromatic nitrogens is 1. The Kier molecular flexibility index (Phi) is 4.10. The third-order valence-electron chi connectivity index (χ3n) is 3.30. The normalized spacial score (nSPS) is 12.5. The van der Waals surface area contributed by atoms with Gasteiger partial charge in [0.05, 0.1) is 5.52 Å². The van der Waals surface area contributed by atoms with E-state index < -0.39 is 0 Å². The van der Waals surface area contributed by atoms with E-state index in [2.05, 4.69) is 47.2 Å². The van der Waals surface area contributed by atoms with Gasteiger partial charge in [0.2, 0.25) is 0 Å². The Morgan fingerprint density at radius 2 is 2.11 bits per heavy atom. The van der Waals surface area contributed by atoms with Crippen molar-refractivity contribution in [3.8, 4) is 0 Å². The summed E-state index contributed by atoms with van der Waals surface area (Å²) in [5.41, 5.74) is 5.78. The molecule has 0 aliphatic rings. The van der Waals surface area contributed by atoms with E-state index in [0.29, 0.717) is 0 Å². The Morgan fingerprint density at radius 1 is 1.32 bits per heavy atom. The Hall–Kier alpha value is -1.96. The first-order valence-corrected chi connectivity index (χ1v) is 6.68. The van der Waals surface area contributed by atoms with Gasteiger partial charge in [-0.2, -0.15) is 0 Å². The van der Waals surface area contributed by atoms with Gasteiger partial charge in [-0.1, -0.05) is 19.1 Å². The van der Waals surface area contributed by atoms with Gasteiger partial charge in [0.25, 0.3) is 0 Å². The highest BCUT2D eigenvalue weighted by molar-refractivity contribution is 6.14. The second kappa shape index (κ2) is 5.79. The summed E-state index contributed by atoms with van der Waals surface area (Å²) in [5.74, 6) is 0. The SMILES string of the molecule is C/C=C(\C=NC)c1cc(C)nc2ccc(CC)cc12. The molecule has 19 heavy (non-hydrogen) atoms. The molecule has 1 aromatic heterocycles. The van der Waals surface area contributed by atoms with Crippen molar-refractivity contribution in [1.82, 2.24) is 4.98 Å². The third-order valence-corrected chi connectivity index (χ3v) is 3.30. The summed E-state index contributed by atoms with van der Waals surface area (Å²) in [6, 6.07) is 8.64. The maximum Gasteiger partial charge on any atom is 0.0711 e. The Balaban J connectivity index is 2.77. The van der Waals surface area contributed by atoms with E-state index in [4.69, 9.17) is 0 Å². The van der Waals surface area contributed by atoms with Crippen molar-refractivity contribution in [1.29, 1.82) is 0 Å². The van der Waals surface area contributed by atoms with Gasteiger partial charge in [-0.05, 0) is 55.2 Å². The zero-order valence-corrected chi connectivity index (χ0v) is 12.1. The van der Waals surface area contributed by atoms with Crippen molar-refractivity contribution in [2.75, 3.05) is 7.05 Å². The maximum atomic E-state index is 4.62. The molecule has 0 atom stereocenters. The van der Waals surface area contributed by atoms with Gasteiger partial charge in [0.1, 0.15) is 0 Å². The lowest BCUT2D eigenvalue weighted by Crippen LogP contribution is -1.94. The van der Waals surface area contributed by atoms with Crippen molar-refractivity contribution >= 4 is 22.7 Å². The lowest BCUT2D eigenvalue weighted by atomic mass is 9.98. The molecule has 2 rings (SSSR count). The highest BCUT2D eigenvalue weighted by atomic mass is 14.7. The summed E-state index contributed by atoms with van der Waals surface area (Å²) in [6.07, 6.45) is 5.04. The van der Waals surface area contributed by atoms with Crippen LogP contribution in [-0.4, -0.2) is 18.2 Å². The third kappa shape index (κ3) is 2.73. The lowest BCUT2D eigenvalue weighted by molar-refractivity contribution is 1.14. The van der Waals surface area contributed by atoms with Gasteiger partial charge >= 0.3 is 0 Å².